The molecule has 0 saturated heterocycles. The highest BCUT2D eigenvalue weighted by atomic mass is 35.5. The van der Waals surface area contributed by atoms with E-state index < -0.39 is 11.8 Å². The molecular formula is C27H21ClN8O2. The van der Waals surface area contributed by atoms with E-state index >= 15 is 0 Å². The monoisotopic (exact) mass is 524 g/mol. The van der Waals surface area contributed by atoms with Gasteiger partial charge in [0.2, 0.25) is 0 Å². The maximum atomic E-state index is 13.4. The van der Waals surface area contributed by atoms with Gasteiger partial charge in [-0.05, 0) is 36.4 Å². The molecule has 3 heterocycles. The highest BCUT2D eigenvalue weighted by Gasteiger charge is 2.20. The first-order chi connectivity index (χ1) is 18.5. The summed E-state index contributed by atoms with van der Waals surface area (Å²) in [5, 5.41) is 10.3. The van der Waals surface area contributed by atoms with Crippen LogP contribution in [0.25, 0.3) is 16.9 Å². The number of hydrogen-bond donors (Lipinski definition) is 3. The minimum Gasteiger partial charge on any atom is -0.384 e. The van der Waals surface area contributed by atoms with Crippen molar-refractivity contribution in [1.29, 1.82) is 0 Å². The Hall–Kier alpha value is -5.09. The Kier molecular flexibility index (Phi) is 7.05. The minimum absolute atomic E-state index is 0.108. The number of halogens is 1. The molecule has 0 saturated carbocycles. The number of benzene rings is 2. The predicted octanol–water partition coefficient (Wildman–Crippen LogP) is 4.14. The summed E-state index contributed by atoms with van der Waals surface area (Å²) in [4.78, 5) is 38.7. The second kappa shape index (κ2) is 10.9. The van der Waals surface area contributed by atoms with E-state index in [1.807, 2.05) is 30.3 Å². The number of amides is 2. The molecule has 188 valence electrons. The molecule has 2 amide bonds. The lowest BCUT2D eigenvalue weighted by Gasteiger charge is -2.11. The molecule has 5 rings (SSSR count). The zero-order valence-corrected chi connectivity index (χ0v) is 20.6. The summed E-state index contributed by atoms with van der Waals surface area (Å²) in [6.07, 6.45) is 4.66. The van der Waals surface area contributed by atoms with Crippen LogP contribution < -0.4 is 16.4 Å². The maximum absolute atomic E-state index is 13.4. The number of nitrogens with two attached hydrogens (primary N) is 1. The fraction of sp³-hybridized carbons (Fsp3) is 0.0370. The van der Waals surface area contributed by atoms with Crippen molar-refractivity contribution in [3.8, 4) is 16.9 Å². The Labute approximate surface area is 222 Å². The van der Waals surface area contributed by atoms with Crippen molar-refractivity contribution in [1.82, 2.24) is 30.0 Å². The van der Waals surface area contributed by atoms with Crippen molar-refractivity contribution >= 4 is 35.1 Å². The summed E-state index contributed by atoms with van der Waals surface area (Å²) in [6, 6.07) is 20.9. The number of nitrogens with one attached hydrogen (secondary N) is 2. The lowest BCUT2D eigenvalue weighted by Crippen LogP contribution is -2.24. The van der Waals surface area contributed by atoms with Gasteiger partial charge in [0.05, 0.1) is 40.4 Å². The third-order valence-corrected chi connectivity index (χ3v) is 5.84. The molecule has 5 aromatic rings. The average Bonchev–Trinajstić information content (AvgIpc) is 3.37. The number of nitrogen functional groups attached to an aromatic ring is 1. The number of para-hydroxylation sites is 1. The first-order valence-electron chi connectivity index (χ1n) is 11.5. The van der Waals surface area contributed by atoms with Crippen LogP contribution in [-0.2, 0) is 6.54 Å². The second-order valence-corrected chi connectivity index (χ2v) is 8.55. The molecule has 0 bridgehead atoms. The van der Waals surface area contributed by atoms with Gasteiger partial charge in [0, 0.05) is 24.0 Å². The SMILES string of the molecule is Nc1cccc(-c2ccc(Cl)c(C(=O)Nc3cc(C(=O)NCc4cnccn4)nn3-c3ccccc3)c2)n1. The molecule has 0 aliphatic rings. The number of aromatic nitrogens is 5. The van der Waals surface area contributed by atoms with E-state index in [1.54, 1.807) is 55.0 Å². The van der Waals surface area contributed by atoms with Crippen LogP contribution in [0.1, 0.15) is 26.5 Å². The third kappa shape index (κ3) is 5.50. The minimum atomic E-state index is -0.482. The molecule has 10 nitrogen and oxygen atoms in total. The first kappa shape index (κ1) is 24.6. The quantitative estimate of drug-likeness (QED) is 0.290. The van der Waals surface area contributed by atoms with Gasteiger partial charge in [0.15, 0.2) is 5.69 Å². The van der Waals surface area contributed by atoms with Crippen LogP contribution in [0.3, 0.4) is 0 Å². The highest BCUT2D eigenvalue weighted by Crippen LogP contribution is 2.26. The Morgan fingerprint density at radius 3 is 2.55 bits per heavy atom. The van der Waals surface area contributed by atoms with Crippen LogP contribution >= 0.6 is 11.6 Å². The molecule has 0 fully saturated rings. The van der Waals surface area contributed by atoms with Gasteiger partial charge in [0.25, 0.3) is 11.8 Å². The maximum Gasteiger partial charge on any atom is 0.272 e. The molecule has 38 heavy (non-hydrogen) atoms. The number of rotatable bonds is 7. The molecule has 4 N–H and O–H groups in total. The summed E-state index contributed by atoms with van der Waals surface area (Å²) in [5.41, 5.74) is 8.67. The smallest absolute Gasteiger partial charge is 0.272 e. The van der Waals surface area contributed by atoms with Crippen molar-refractivity contribution in [2.24, 2.45) is 0 Å². The number of anilines is 2. The van der Waals surface area contributed by atoms with E-state index in [0.717, 1.165) is 0 Å². The second-order valence-electron chi connectivity index (χ2n) is 8.14. The summed E-state index contributed by atoms with van der Waals surface area (Å²) in [7, 11) is 0. The largest absolute Gasteiger partial charge is 0.384 e. The molecule has 0 radical (unpaired) electrons. The van der Waals surface area contributed by atoms with Crippen LogP contribution in [0.4, 0.5) is 11.6 Å². The molecule has 0 aliphatic heterocycles. The molecule has 11 heteroatoms. The lowest BCUT2D eigenvalue weighted by atomic mass is 10.1. The Morgan fingerprint density at radius 1 is 0.947 bits per heavy atom. The zero-order chi connectivity index (χ0) is 26.5. The van der Waals surface area contributed by atoms with Crippen LogP contribution in [0.15, 0.2) is 91.4 Å². The fourth-order valence-electron chi connectivity index (χ4n) is 3.68. The molecule has 2 aromatic carbocycles. The Bertz CT molecular complexity index is 1610. The number of nitrogens with zero attached hydrogens (tertiary/aromatic N) is 5. The van der Waals surface area contributed by atoms with Crippen molar-refractivity contribution < 1.29 is 9.59 Å². The molecular weight excluding hydrogens is 504 g/mol. The first-order valence-corrected chi connectivity index (χ1v) is 11.9. The fourth-order valence-corrected chi connectivity index (χ4v) is 3.89. The van der Waals surface area contributed by atoms with Crippen molar-refractivity contribution in [3.63, 3.8) is 0 Å². The normalized spacial score (nSPS) is 10.7. The Morgan fingerprint density at radius 2 is 1.79 bits per heavy atom. The van der Waals surface area contributed by atoms with Gasteiger partial charge in [-0.2, -0.15) is 5.10 Å². The van der Waals surface area contributed by atoms with Crippen LogP contribution in [0.2, 0.25) is 5.02 Å². The molecule has 0 aliphatic carbocycles. The molecule has 0 atom stereocenters. The zero-order valence-electron chi connectivity index (χ0n) is 19.9. The van der Waals surface area contributed by atoms with Gasteiger partial charge >= 0.3 is 0 Å². The number of carbonyl (C=O) groups is 2. The number of pyridine rings is 1. The highest BCUT2D eigenvalue weighted by molar-refractivity contribution is 6.34. The lowest BCUT2D eigenvalue weighted by molar-refractivity contribution is 0.0944. The Balaban J connectivity index is 1.43. The van der Waals surface area contributed by atoms with Gasteiger partial charge < -0.3 is 16.4 Å². The van der Waals surface area contributed by atoms with Crippen LogP contribution in [0, 0.1) is 0 Å². The topological polar surface area (TPSA) is 141 Å². The van der Waals surface area contributed by atoms with Crippen molar-refractivity contribution in [2.75, 3.05) is 11.1 Å². The van der Waals surface area contributed by atoms with E-state index in [9.17, 15) is 9.59 Å². The van der Waals surface area contributed by atoms with Crippen LogP contribution in [-0.4, -0.2) is 36.5 Å². The summed E-state index contributed by atoms with van der Waals surface area (Å²) >= 11 is 6.38. The van der Waals surface area contributed by atoms with Gasteiger partial charge in [-0.25, -0.2) is 9.67 Å². The van der Waals surface area contributed by atoms with E-state index in [-0.39, 0.29) is 28.6 Å². The molecule has 0 spiro atoms. The predicted molar refractivity (Wildman–Crippen MR) is 144 cm³/mol. The van der Waals surface area contributed by atoms with E-state index in [4.69, 9.17) is 17.3 Å². The van der Waals surface area contributed by atoms with Crippen molar-refractivity contribution in [2.45, 2.75) is 6.54 Å². The van der Waals surface area contributed by atoms with E-state index in [1.165, 1.54) is 10.7 Å². The van der Waals surface area contributed by atoms with Gasteiger partial charge in [-0.1, -0.05) is 41.9 Å². The molecule has 0 unspecified atom stereocenters. The molecule has 3 aromatic heterocycles. The van der Waals surface area contributed by atoms with Gasteiger partial charge in [0.1, 0.15) is 11.6 Å². The summed E-state index contributed by atoms with van der Waals surface area (Å²) < 4.78 is 1.48. The standard InChI is InChI=1S/C27H21ClN8O2/c28-21-10-9-17(22-7-4-8-24(29)33-22)13-20(21)26(37)34-25-14-23(35-36(25)19-5-2-1-3-6-19)27(38)32-16-18-15-30-11-12-31-18/h1-15H,16H2,(H2,29,33)(H,32,38)(H,34,37). The summed E-state index contributed by atoms with van der Waals surface area (Å²) in [6.45, 7) is 0.174. The third-order valence-electron chi connectivity index (χ3n) is 5.51. The number of carbonyl (C=O) groups excluding carboxylic acids is 2. The van der Waals surface area contributed by atoms with E-state index in [0.29, 0.717) is 28.5 Å². The summed E-state index contributed by atoms with van der Waals surface area (Å²) in [5.74, 6) is -0.271. The van der Waals surface area contributed by atoms with Gasteiger partial charge in [-0.15, -0.1) is 0 Å². The average molecular weight is 525 g/mol. The van der Waals surface area contributed by atoms with E-state index in [2.05, 4.69) is 30.7 Å². The van der Waals surface area contributed by atoms with Crippen LogP contribution in [0.5, 0.6) is 0 Å². The van der Waals surface area contributed by atoms with Crippen molar-refractivity contribution in [3.05, 3.63) is 113 Å². The number of hydrogen-bond acceptors (Lipinski definition) is 7. The van der Waals surface area contributed by atoms with Gasteiger partial charge in [-0.3, -0.25) is 19.6 Å².